The summed E-state index contributed by atoms with van der Waals surface area (Å²) in [5.41, 5.74) is 5.09. The molecule has 0 aliphatic heterocycles. The smallest absolute Gasteiger partial charge is 0.0105 e. The first-order chi connectivity index (χ1) is 8.95. The average molecular weight is 307 g/mol. The summed E-state index contributed by atoms with van der Waals surface area (Å²) in [7, 11) is 0. The second kappa shape index (κ2) is 6.39. The molecule has 0 bridgehead atoms. The van der Waals surface area contributed by atoms with E-state index in [4.69, 9.17) is 0 Å². The molecule has 0 amide bonds. The molecule has 0 saturated carbocycles. The van der Waals surface area contributed by atoms with Crippen LogP contribution in [0.15, 0.2) is 84.9 Å². The number of hydrogen-bond acceptors (Lipinski definition) is 0. The molecule has 0 heterocycles. The maximum absolute atomic E-state index is 2.18. The van der Waals surface area contributed by atoms with Crippen molar-refractivity contribution in [3.05, 3.63) is 84.9 Å². The van der Waals surface area contributed by atoms with Gasteiger partial charge in [0, 0.05) is 0 Å². The van der Waals surface area contributed by atoms with Crippen molar-refractivity contribution in [2.45, 2.75) is 0 Å². The van der Waals surface area contributed by atoms with Crippen LogP contribution in [0.5, 0.6) is 0 Å². The van der Waals surface area contributed by atoms with Gasteiger partial charge in [-0.2, -0.15) is 0 Å². The van der Waals surface area contributed by atoms with Crippen LogP contribution < -0.4 is 0 Å². The van der Waals surface area contributed by atoms with Crippen molar-refractivity contribution >= 4 is 17.6 Å². The van der Waals surface area contributed by atoms with Gasteiger partial charge in [-0.05, 0) is 22.3 Å². The first-order valence-corrected chi connectivity index (χ1v) is 6.15. The molecular weight excluding hydrogens is 289 g/mol. The van der Waals surface area contributed by atoms with E-state index in [1.807, 2.05) is 0 Å². The molecule has 19 heavy (non-hydrogen) atoms. The summed E-state index contributed by atoms with van der Waals surface area (Å²) in [6.07, 6.45) is 0. The van der Waals surface area contributed by atoms with Gasteiger partial charge >= 0.3 is 17.6 Å². The molecule has 3 rings (SSSR count). The zero-order valence-corrected chi connectivity index (χ0v) is 10.1. The summed E-state index contributed by atoms with van der Waals surface area (Å²) in [6, 6.07) is 29.6. The van der Waals surface area contributed by atoms with Gasteiger partial charge in [-0.15, -0.1) is 0 Å². The molecule has 1 heteroatoms. The summed E-state index contributed by atoms with van der Waals surface area (Å²) in [5.74, 6) is 0. The van der Waals surface area contributed by atoms with Crippen molar-refractivity contribution in [1.29, 1.82) is 0 Å². The molecule has 3 aromatic carbocycles. The average Bonchev–Trinajstić information content (AvgIpc) is 2.49. The number of hydrogen-bond donors (Lipinski definition) is 0. The fraction of sp³-hybridized carbons (Fsp3) is 0. The van der Waals surface area contributed by atoms with E-state index in [9.17, 15) is 0 Å². The summed E-state index contributed by atoms with van der Waals surface area (Å²) < 4.78 is 0. The number of benzene rings is 3. The third-order valence-electron chi connectivity index (χ3n) is 3.10. The molecule has 0 atom stereocenters. The van der Waals surface area contributed by atoms with E-state index < -0.39 is 0 Å². The van der Waals surface area contributed by atoms with Gasteiger partial charge in [-0.1, -0.05) is 84.9 Å². The van der Waals surface area contributed by atoms with Gasteiger partial charge < -0.3 is 0 Å². The molecule has 0 aliphatic carbocycles. The molecule has 0 aliphatic rings. The van der Waals surface area contributed by atoms with E-state index in [2.05, 4.69) is 84.9 Å². The van der Waals surface area contributed by atoms with Crippen LogP contribution in [-0.4, -0.2) is 17.6 Å². The van der Waals surface area contributed by atoms with Crippen molar-refractivity contribution in [2.75, 3.05) is 0 Å². The van der Waals surface area contributed by atoms with E-state index in [1.165, 1.54) is 22.3 Å². The molecule has 0 spiro atoms. The Labute approximate surface area is 125 Å². The molecule has 3 aromatic rings. The zero-order valence-electron chi connectivity index (χ0n) is 10.1. The van der Waals surface area contributed by atoms with E-state index in [1.54, 1.807) is 0 Å². The van der Waals surface area contributed by atoms with Crippen molar-refractivity contribution in [2.24, 2.45) is 0 Å². The van der Waals surface area contributed by atoms with Gasteiger partial charge in [0.15, 0.2) is 0 Å². The summed E-state index contributed by atoms with van der Waals surface area (Å²) in [5, 5.41) is 0. The molecule has 0 fully saturated rings. The Balaban J connectivity index is 0.00000133. The Kier molecular flexibility index (Phi) is 4.59. The molecule has 0 radical (unpaired) electrons. The Morgan fingerprint density at radius 3 is 1.05 bits per heavy atom. The minimum absolute atomic E-state index is 0. The first kappa shape index (κ1) is 13.6. The van der Waals surface area contributed by atoms with Gasteiger partial charge in [0.1, 0.15) is 0 Å². The molecule has 0 N–H and O–H groups in total. The standard InChI is InChI=1S/C18H14.GeH4/c1-3-9-15(10-4-1)17-13-7-8-14-18(17)16-11-5-2-6-12-16;/h1-14H;1H4. The predicted molar refractivity (Wildman–Crippen MR) is 88.6 cm³/mol. The Bertz CT molecular complexity index is 572. The van der Waals surface area contributed by atoms with Crippen LogP contribution in [0.3, 0.4) is 0 Å². The van der Waals surface area contributed by atoms with Crippen molar-refractivity contribution in [1.82, 2.24) is 0 Å². The quantitative estimate of drug-likeness (QED) is 0.635. The van der Waals surface area contributed by atoms with Gasteiger partial charge in [0.05, 0.1) is 0 Å². The minimum Gasteiger partial charge on any atom is -0.0622 e. The van der Waals surface area contributed by atoms with Gasteiger partial charge in [-0.25, -0.2) is 0 Å². The van der Waals surface area contributed by atoms with Crippen molar-refractivity contribution in [3.8, 4) is 22.3 Å². The van der Waals surface area contributed by atoms with Crippen LogP contribution in [0.1, 0.15) is 0 Å². The van der Waals surface area contributed by atoms with Crippen LogP contribution in [-0.2, 0) is 0 Å². The molecule has 0 nitrogen and oxygen atoms in total. The van der Waals surface area contributed by atoms with Gasteiger partial charge in [0.2, 0.25) is 0 Å². The van der Waals surface area contributed by atoms with Crippen LogP contribution in [0.4, 0.5) is 0 Å². The maximum Gasteiger partial charge on any atom is -0.0105 e. The largest absolute Gasteiger partial charge is 0.0622 e. The Hall–Kier alpha value is -1.80. The van der Waals surface area contributed by atoms with E-state index >= 15 is 0 Å². The molecular formula is C18H18Ge. The molecule has 0 saturated heterocycles. The maximum atomic E-state index is 2.18. The fourth-order valence-corrected chi connectivity index (χ4v) is 2.22. The third kappa shape index (κ3) is 2.96. The van der Waals surface area contributed by atoms with Crippen LogP contribution in [0.2, 0.25) is 0 Å². The van der Waals surface area contributed by atoms with Crippen LogP contribution in [0, 0.1) is 0 Å². The van der Waals surface area contributed by atoms with E-state index in [-0.39, 0.29) is 17.6 Å². The Morgan fingerprint density at radius 1 is 0.368 bits per heavy atom. The van der Waals surface area contributed by atoms with Gasteiger partial charge in [-0.3, -0.25) is 0 Å². The molecule has 94 valence electrons. The van der Waals surface area contributed by atoms with Crippen molar-refractivity contribution in [3.63, 3.8) is 0 Å². The fourth-order valence-electron chi connectivity index (χ4n) is 2.22. The topological polar surface area (TPSA) is 0 Å². The SMILES string of the molecule is [GeH4].c1ccc(-c2ccccc2-c2ccccc2)cc1. The van der Waals surface area contributed by atoms with Crippen molar-refractivity contribution < 1.29 is 0 Å². The predicted octanol–water partition coefficient (Wildman–Crippen LogP) is 3.57. The number of rotatable bonds is 2. The Morgan fingerprint density at radius 2 is 0.684 bits per heavy atom. The van der Waals surface area contributed by atoms with E-state index in [0.717, 1.165) is 0 Å². The van der Waals surface area contributed by atoms with Gasteiger partial charge in [0.25, 0.3) is 0 Å². The second-order valence-corrected chi connectivity index (χ2v) is 4.28. The van der Waals surface area contributed by atoms with E-state index in [0.29, 0.717) is 0 Å². The monoisotopic (exact) mass is 308 g/mol. The normalized spacial score (nSPS) is 9.68. The van der Waals surface area contributed by atoms with Crippen LogP contribution >= 0.6 is 0 Å². The summed E-state index contributed by atoms with van der Waals surface area (Å²) in [4.78, 5) is 0. The first-order valence-electron chi connectivity index (χ1n) is 6.15. The summed E-state index contributed by atoms with van der Waals surface area (Å²) >= 11 is 0. The zero-order chi connectivity index (χ0) is 12.2. The molecule has 0 aromatic heterocycles. The minimum atomic E-state index is 0. The third-order valence-corrected chi connectivity index (χ3v) is 3.10. The van der Waals surface area contributed by atoms with Crippen LogP contribution in [0.25, 0.3) is 22.3 Å². The summed E-state index contributed by atoms with van der Waals surface area (Å²) in [6.45, 7) is 0. The molecule has 0 unspecified atom stereocenters. The second-order valence-electron chi connectivity index (χ2n) is 4.28.